The van der Waals surface area contributed by atoms with E-state index in [1.165, 1.54) is 6.42 Å². The first kappa shape index (κ1) is 16.3. The van der Waals surface area contributed by atoms with Gasteiger partial charge in [0.25, 0.3) is 0 Å². The van der Waals surface area contributed by atoms with Crippen molar-refractivity contribution in [3.8, 4) is 0 Å². The first-order chi connectivity index (χ1) is 5.87. The summed E-state index contributed by atoms with van der Waals surface area (Å²) < 4.78 is 4.99. The molecule has 0 aromatic heterocycles. The summed E-state index contributed by atoms with van der Waals surface area (Å²) in [7, 11) is 3.43. The number of aldehydes is 1. The molecule has 0 unspecified atom stereocenters. The quantitative estimate of drug-likeness (QED) is 0.577. The van der Waals surface area contributed by atoms with E-state index in [1.807, 2.05) is 0 Å². The van der Waals surface area contributed by atoms with Crippen LogP contribution >= 0.6 is 0 Å². The molecular formula is C9H15NO3Y-2. The fraction of sp³-hybridized carbons (Fsp3) is 0.556. The van der Waals surface area contributed by atoms with Crippen molar-refractivity contribution in [2.24, 2.45) is 0 Å². The number of carbonyl (C=O) groups is 2. The Labute approximate surface area is 110 Å². The Morgan fingerprint density at radius 2 is 2.07 bits per heavy atom. The van der Waals surface area contributed by atoms with Gasteiger partial charge in [0.2, 0.25) is 0 Å². The number of hydrogen-bond acceptors (Lipinski definition) is 3. The van der Waals surface area contributed by atoms with Crippen LogP contribution in [0, 0.1) is 13.5 Å². The second-order valence-corrected chi connectivity index (χ2v) is 3.57. The first-order valence-electron chi connectivity index (χ1n) is 3.95. The van der Waals surface area contributed by atoms with E-state index in [2.05, 4.69) is 7.05 Å². The molecule has 0 aliphatic carbocycles. The molecule has 14 heavy (non-hydrogen) atoms. The standard InChI is InChI=1S/C9H15NO3.Y/c1-9(2,3)13-8(12)10(4)6-5-7-11;/h5,7H,4,6H2,1-3H3;/q-2;. The second-order valence-electron chi connectivity index (χ2n) is 3.57. The zero-order valence-corrected chi connectivity index (χ0v) is 11.7. The van der Waals surface area contributed by atoms with Crippen molar-refractivity contribution in [1.82, 2.24) is 4.90 Å². The topological polar surface area (TPSA) is 46.6 Å². The summed E-state index contributed by atoms with van der Waals surface area (Å²) >= 11 is 0. The largest absolute Gasteiger partial charge is 0.484 e. The van der Waals surface area contributed by atoms with Crippen LogP contribution in [-0.2, 0) is 42.2 Å². The van der Waals surface area contributed by atoms with Crippen LogP contribution in [0.25, 0.3) is 0 Å². The van der Waals surface area contributed by atoms with E-state index in [9.17, 15) is 9.59 Å². The van der Waals surface area contributed by atoms with Crippen molar-refractivity contribution < 1.29 is 47.0 Å². The summed E-state index contributed by atoms with van der Waals surface area (Å²) in [6, 6.07) is 0. The maximum absolute atomic E-state index is 11.2. The monoisotopic (exact) mass is 274 g/mol. The van der Waals surface area contributed by atoms with Crippen LogP contribution in [0.3, 0.4) is 0 Å². The van der Waals surface area contributed by atoms with Gasteiger partial charge in [0.15, 0.2) is 0 Å². The fourth-order valence-electron chi connectivity index (χ4n) is 0.571. The maximum atomic E-state index is 11.2. The van der Waals surface area contributed by atoms with Crippen LogP contribution in [-0.4, -0.2) is 29.4 Å². The number of amides is 1. The minimum Gasteiger partial charge on any atom is -0.484 e. The van der Waals surface area contributed by atoms with Gasteiger partial charge >= 0.3 is 6.09 Å². The van der Waals surface area contributed by atoms with Crippen molar-refractivity contribution in [1.29, 1.82) is 0 Å². The minimum absolute atomic E-state index is 0. The minimum atomic E-state index is -0.536. The predicted molar refractivity (Wildman–Crippen MR) is 48.7 cm³/mol. The summed E-state index contributed by atoms with van der Waals surface area (Å²) in [4.78, 5) is 22.2. The van der Waals surface area contributed by atoms with E-state index in [1.54, 1.807) is 20.8 Å². The molecular weight excluding hydrogens is 259 g/mol. The Bertz CT molecular complexity index is 189. The van der Waals surface area contributed by atoms with E-state index in [4.69, 9.17) is 4.74 Å². The van der Waals surface area contributed by atoms with Crippen molar-refractivity contribution >= 4 is 12.4 Å². The molecule has 79 valence electrons. The third-order valence-electron chi connectivity index (χ3n) is 1.07. The number of ether oxygens (including phenoxy) is 1. The Morgan fingerprint density at radius 1 is 1.57 bits per heavy atom. The van der Waals surface area contributed by atoms with Crippen LogP contribution in [0.1, 0.15) is 20.8 Å². The van der Waals surface area contributed by atoms with E-state index < -0.39 is 11.7 Å². The van der Waals surface area contributed by atoms with Gasteiger partial charge in [-0.1, -0.05) is 0 Å². The molecule has 5 heteroatoms. The third kappa shape index (κ3) is 8.51. The number of rotatable bonds is 3. The van der Waals surface area contributed by atoms with Crippen molar-refractivity contribution in [2.75, 3.05) is 6.54 Å². The predicted octanol–water partition coefficient (Wildman–Crippen LogP) is 1.42. The molecule has 0 fully saturated rings. The molecule has 0 aromatic carbocycles. The molecule has 1 amide bonds. The number of carbonyl (C=O) groups excluding carboxylic acids is 2. The molecule has 0 spiro atoms. The SMILES string of the molecule is [CH2-]N(C[CH-]C=O)C(=O)OC(C)(C)C.[Y]. The molecule has 0 aliphatic heterocycles. The Balaban J connectivity index is 0. The number of hydrogen-bond donors (Lipinski definition) is 0. The molecule has 0 heterocycles. The fourth-order valence-corrected chi connectivity index (χ4v) is 0.571. The smallest absolute Gasteiger partial charge is 0.378 e. The van der Waals surface area contributed by atoms with Gasteiger partial charge < -0.3 is 20.9 Å². The summed E-state index contributed by atoms with van der Waals surface area (Å²) in [6.07, 6.45) is 1.37. The molecule has 0 aromatic rings. The molecule has 0 N–H and O–H groups in total. The summed E-state index contributed by atoms with van der Waals surface area (Å²) in [5.41, 5.74) is -0.534. The maximum Gasteiger partial charge on any atom is 0.378 e. The summed E-state index contributed by atoms with van der Waals surface area (Å²) in [5, 5.41) is 0. The average molecular weight is 274 g/mol. The average Bonchev–Trinajstić information content (AvgIpc) is 1.96. The Kier molecular flexibility index (Phi) is 8.45. The zero-order chi connectivity index (χ0) is 10.5. The van der Waals surface area contributed by atoms with E-state index in [0.29, 0.717) is 6.29 Å². The normalized spacial score (nSPS) is 9.71. The van der Waals surface area contributed by atoms with Gasteiger partial charge in [-0.3, -0.25) is 7.05 Å². The second kappa shape index (κ2) is 7.24. The van der Waals surface area contributed by atoms with E-state index in [0.717, 1.165) is 4.90 Å². The van der Waals surface area contributed by atoms with E-state index in [-0.39, 0.29) is 39.3 Å². The first-order valence-corrected chi connectivity index (χ1v) is 3.95. The van der Waals surface area contributed by atoms with Crippen molar-refractivity contribution in [2.45, 2.75) is 26.4 Å². The van der Waals surface area contributed by atoms with Gasteiger partial charge in [0.05, 0.1) is 0 Å². The summed E-state index contributed by atoms with van der Waals surface area (Å²) in [6.45, 7) is 5.46. The molecule has 4 nitrogen and oxygen atoms in total. The third-order valence-corrected chi connectivity index (χ3v) is 1.07. The van der Waals surface area contributed by atoms with Crippen LogP contribution < -0.4 is 0 Å². The number of nitrogens with zero attached hydrogens (tertiary/aromatic N) is 1. The molecule has 0 rings (SSSR count). The van der Waals surface area contributed by atoms with Crippen LogP contribution in [0.4, 0.5) is 4.79 Å². The van der Waals surface area contributed by atoms with Crippen LogP contribution in [0.2, 0.25) is 0 Å². The van der Waals surface area contributed by atoms with Gasteiger partial charge in [-0.25, -0.2) is 4.79 Å². The van der Waals surface area contributed by atoms with Crippen molar-refractivity contribution in [3.05, 3.63) is 13.5 Å². The molecule has 1 radical (unpaired) electrons. The van der Waals surface area contributed by atoms with Gasteiger partial charge in [0.1, 0.15) is 5.60 Å². The molecule has 0 saturated carbocycles. The van der Waals surface area contributed by atoms with Gasteiger partial charge in [0, 0.05) is 32.7 Å². The van der Waals surface area contributed by atoms with Gasteiger partial charge in [-0.05, 0) is 27.1 Å². The molecule has 0 aliphatic rings. The molecule has 0 bridgehead atoms. The Morgan fingerprint density at radius 3 is 2.43 bits per heavy atom. The van der Waals surface area contributed by atoms with Crippen LogP contribution in [0.15, 0.2) is 0 Å². The molecule has 0 saturated heterocycles. The Hall–Kier alpha value is -0.0861. The van der Waals surface area contributed by atoms with Crippen molar-refractivity contribution in [3.63, 3.8) is 0 Å². The van der Waals surface area contributed by atoms with E-state index >= 15 is 0 Å². The summed E-state index contributed by atoms with van der Waals surface area (Å²) in [5.74, 6) is 0. The van der Waals surface area contributed by atoms with Gasteiger partial charge in [-0.2, -0.15) is 0 Å². The van der Waals surface area contributed by atoms with Gasteiger partial charge in [-0.15, -0.1) is 6.54 Å². The zero-order valence-electron chi connectivity index (χ0n) is 8.82. The molecule has 0 atom stereocenters. The van der Waals surface area contributed by atoms with Crippen LogP contribution in [0.5, 0.6) is 0 Å².